The van der Waals surface area contributed by atoms with Crippen LogP contribution in [-0.4, -0.2) is 20.4 Å². The molecule has 0 saturated carbocycles. The van der Waals surface area contributed by atoms with Crippen molar-refractivity contribution >= 4 is 26.7 Å². The van der Waals surface area contributed by atoms with Gasteiger partial charge in [-0.05, 0) is 17.4 Å². The molecule has 21 heavy (non-hydrogen) atoms. The molecule has 0 aliphatic rings. The Morgan fingerprint density at radius 1 is 1.10 bits per heavy atom. The molecule has 0 fully saturated rings. The average Bonchev–Trinajstić information content (AvgIpc) is 2.43. The van der Waals surface area contributed by atoms with Gasteiger partial charge >= 0.3 is 0 Å². The molecule has 2 rings (SSSR count). The number of nitrogens with one attached hydrogen (secondary N) is 1. The molecule has 0 heterocycles. The van der Waals surface area contributed by atoms with Gasteiger partial charge in [-0.1, -0.05) is 50.2 Å². The van der Waals surface area contributed by atoms with Gasteiger partial charge in [-0.2, -0.15) is 4.72 Å². The molecular weight excluding hydrogens is 288 g/mol. The largest absolute Gasteiger partial charge is 0.368 e. The van der Waals surface area contributed by atoms with Crippen molar-refractivity contribution < 1.29 is 13.2 Å². The van der Waals surface area contributed by atoms with E-state index < -0.39 is 22.0 Å². The number of hydrogen-bond acceptors (Lipinski definition) is 3. The topological polar surface area (TPSA) is 89.3 Å². The summed E-state index contributed by atoms with van der Waals surface area (Å²) in [5, 5.41) is 1.43. The number of amides is 1. The van der Waals surface area contributed by atoms with Gasteiger partial charge < -0.3 is 5.73 Å². The molecular formula is C15H18N2O3S. The van der Waals surface area contributed by atoms with Crippen molar-refractivity contribution in [3.8, 4) is 0 Å². The van der Waals surface area contributed by atoms with Gasteiger partial charge in [0.05, 0.1) is 4.90 Å². The van der Waals surface area contributed by atoms with Crippen molar-refractivity contribution in [2.45, 2.75) is 24.8 Å². The van der Waals surface area contributed by atoms with Crippen LogP contribution in [0.25, 0.3) is 10.8 Å². The van der Waals surface area contributed by atoms with Crippen LogP contribution in [0.3, 0.4) is 0 Å². The molecule has 1 atom stereocenters. The van der Waals surface area contributed by atoms with Gasteiger partial charge in [-0.15, -0.1) is 0 Å². The minimum atomic E-state index is -3.83. The fraction of sp³-hybridized carbons (Fsp3) is 0.267. The molecule has 0 radical (unpaired) electrons. The van der Waals surface area contributed by atoms with E-state index in [-0.39, 0.29) is 10.8 Å². The number of fused-ring (bicyclic) bond motifs is 1. The molecule has 3 N–H and O–H groups in total. The summed E-state index contributed by atoms with van der Waals surface area (Å²) in [6, 6.07) is 11.3. The SMILES string of the molecule is CC(C)C(NS(=O)(=O)c1cccc2ccccc12)C(N)=O. The van der Waals surface area contributed by atoms with Gasteiger partial charge in [0.15, 0.2) is 0 Å². The predicted octanol–water partition coefficient (Wildman–Crippen LogP) is 1.63. The van der Waals surface area contributed by atoms with E-state index in [0.717, 1.165) is 5.39 Å². The number of sulfonamides is 1. The summed E-state index contributed by atoms with van der Waals surface area (Å²) >= 11 is 0. The maximum atomic E-state index is 12.5. The highest BCUT2D eigenvalue weighted by molar-refractivity contribution is 7.89. The minimum Gasteiger partial charge on any atom is -0.368 e. The van der Waals surface area contributed by atoms with Crippen LogP contribution in [0.4, 0.5) is 0 Å². The zero-order chi connectivity index (χ0) is 15.6. The highest BCUT2D eigenvalue weighted by atomic mass is 32.2. The van der Waals surface area contributed by atoms with E-state index in [9.17, 15) is 13.2 Å². The number of primary amides is 1. The fourth-order valence-corrected chi connectivity index (χ4v) is 3.77. The number of carbonyl (C=O) groups is 1. The third-order valence-electron chi connectivity index (χ3n) is 3.29. The molecule has 2 aromatic carbocycles. The summed E-state index contributed by atoms with van der Waals surface area (Å²) in [6.45, 7) is 3.47. The van der Waals surface area contributed by atoms with Crippen LogP contribution in [0.2, 0.25) is 0 Å². The molecule has 0 spiro atoms. The third-order valence-corrected chi connectivity index (χ3v) is 4.79. The van der Waals surface area contributed by atoms with Crippen LogP contribution in [0.5, 0.6) is 0 Å². The normalized spacial score (nSPS) is 13.5. The number of nitrogens with two attached hydrogens (primary N) is 1. The van der Waals surface area contributed by atoms with Crippen molar-refractivity contribution in [1.82, 2.24) is 4.72 Å². The molecule has 2 aromatic rings. The predicted molar refractivity (Wildman–Crippen MR) is 82.1 cm³/mol. The van der Waals surface area contributed by atoms with Crippen LogP contribution < -0.4 is 10.5 Å². The second-order valence-corrected chi connectivity index (χ2v) is 6.91. The van der Waals surface area contributed by atoms with Crippen LogP contribution in [0, 0.1) is 5.92 Å². The molecule has 0 aliphatic heterocycles. The van der Waals surface area contributed by atoms with Crippen molar-refractivity contribution in [1.29, 1.82) is 0 Å². The van der Waals surface area contributed by atoms with Gasteiger partial charge in [0.1, 0.15) is 6.04 Å². The first-order valence-corrected chi connectivity index (χ1v) is 8.10. The van der Waals surface area contributed by atoms with E-state index in [0.29, 0.717) is 5.39 Å². The Morgan fingerprint density at radius 2 is 1.71 bits per heavy atom. The van der Waals surface area contributed by atoms with E-state index in [2.05, 4.69) is 4.72 Å². The summed E-state index contributed by atoms with van der Waals surface area (Å²) in [5.41, 5.74) is 5.27. The standard InChI is InChI=1S/C15H18N2O3S/c1-10(2)14(15(16)18)17-21(19,20)13-9-5-7-11-6-3-4-8-12(11)13/h3-10,14,17H,1-2H3,(H2,16,18). The minimum absolute atomic E-state index is 0.146. The summed E-state index contributed by atoms with van der Waals surface area (Å²) in [6.07, 6.45) is 0. The Balaban J connectivity index is 2.50. The highest BCUT2D eigenvalue weighted by Crippen LogP contribution is 2.23. The first kappa shape index (κ1) is 15.5. The van der Waals surface area contributed by atoms with Crippen molar-refractivity contribution in [2.24, 2.45) is 11.7 Å². The Labute approximate surface area is 124 Å². The van der Waals surface area contributed by atoms with Crippen molar-refractivity contribution in [3.63, 3.8) is 0 Å². The molecule has 1 amide bonds. The molecule has 1 unspecified atom stereocenters. The van der Waals surface area contributed by atoms with Crippen LogP contribution >= 0.6 is 0 Å². The highest BCUT2D eigenvalue weighted by Gasteiger charge is 2.27. The van der Waals surface area contributed by atoms with Gasteiger partial charge in [-0.3, -0.25) is 4.79 Å². The number of carbonyl (C=O) groups excluding carboxylic acids is 1. The molecule has 0 aliphatic carbocycles. The summed E-state index contributed by atoms with van der Waals surface area (Å²) in [5.74, 6) is -0.916. The lowest BCUT2D eigenvalue weighted by atomic mass is 10.1. The van der Waals surface area contributed by atoms with E-state index in [1.165, 1.54) is 6.07 Å². The summed E-state index contributed by atoms with van der Waals surface area (Å²) in [4.78, 5) is 11.6. The van der Waals surface area contributed by atoms with Gasteiger partial charge in [0.25, 0.3) is 0 Å². The lowest BCUT2D eigenvalue weighted by molar-refractivity contribution is -0.120. The molecule has 6 heteroatoms. The van der Waals surface area contributed by atoms with Gasteiger partial charge in [0.2, 0.25) is 15.9 Å². The lowest BCUT2D eigenvalue weighted by Gasteiger charge is -2.19. The second-order valence-electron chi connectivity index (χ2n) is 5.22. The van der Waals surface area contributed by atoms with Crippen LogP contribution in [-0.2, 0) is 14.8 Å². The zero-order valence-electron chi connectivity index (χ0n) is 11.9. The number of hydrogen-bond donors (Lipinski definition) is 2. The molecule has 0 bridgehead atoms. The summed E-state index contributed by atoms with van der Waals surface area (Å²) < 4.78 is 27.5. The Bertz CT molecular complexity index is 764. The Kier molecular flexibility index (Phi) is 4.29. The average molecular weight is 306 g/mol. The lowest BCUT2D eigenvalue weighted by Crippen LogP contribution is -2.47. The van der Waals surface area contributed by atoms with Gasteiger partial charge in [-0.25, -0.2) is 8.42 Å². The fourth-order valence-electron chi connectivity index (χ4n) is 2.18. The van der Waals surface area contributed by atoms with Crippen molar-refractivity contribution in [3.05, 3.63) is 42.5 Å². The van der Waals surface area contributed by atoms with Gasteiger partial charge in [0, 0.05) is 5.39 Å². The second kappa shape index (κ2) is 5.83. The van der Waals surface area contributed by atoms with E-state index >= 15 is 0 Å². The van der Waals surface area contributed by atoms with E-state index in [4.69, 9.17) is 5.73 Å². The maximum Gasteiger partial charge on any atom is 0.241 e. The molecule has 112 valence electrons. The Hall–Kier alpha value is -1.92. The third kappa shape index (κ3) is 3.22. The smallest absolute Gasteiger partial charge is 0.241 e. The van der Waals surface area contributed by atoms with E-state index in [1.54, 1.807) is 32.0 Å². The zero-order valence-corrected chi connectivity index (χ0v) is 12.7. The van der Waals surface area contributed by atoms with Crippen molar-refractivity contribution in [2.75, 3.05) is 0 Å². The first-order chi connectivity index (χ1) is 9.83. The Morgan fingerprint density at radius 3 is 2.33 bits per heavy atom. The number of rotatable bonds is 5. The van der Waals surface area contributed by atoms with Crippen LogP contribution in [0.15, 0.2) is 47.4 Å². The molecule has 0 saturated heterocycles. The summed E-state index contributed by atoms with van der Waals surface area (Å²) in [7, 11) is -3.83. The number of benzene rings is 2. The van der Waals surface area contributed by atoms with Crippen LogP contribution in [0.1, 0.15) is 13.8 Å². The molecule has 5 nitrogen and oxygen atoms in total. The quantitative estimate of drug-likeness (QED) is 0.879. The van der Waals surface area contributed by atoms with E-state index in [1.807, 2.05) is 18.2 Å². The molecule has 0 aromatic heterocycles. The maximum absolute atomic E-state index is 12.5. The monoisotopic (exact) mass is 306 g/mol. The first-order valence-electron chi connectivity index (χ1n) is 6.62.